The van der Waals surface area contributed by atoms with Crippen LogP contribution in [-0.2, 0) is 19.3 Å². The molecule has 0 saturated heterocycles. The van der Waals surface area contributed by atoms with Gasteiger partial charge in [-0.3, -0.25) is 19.7 Å². The molecule has 1 aliphatic carbocycles. The first kappa shape index (κ1) is 31.4. The average Bonchev–Trinajstić information content (AvgIpc) is 3.36. The number of nitro groups is 1. The van der Waals surface area contributed by atoms with Crippen LogP contribution in [0.2, 0.25) is 0 Å². The molecule has 1 heterocycles. The zero-order valence-corrected chi connectivity index (χ0v) is 26.5. The van der Waals surface area contributed by atoms with Crippen molar-refractivity contribution in [2.75, 3.05) is 27.8 Å². The molecule has 0 radical (unpaired) electrons. The first-order chi connectivity index (χ1) is 21.4. The van der Waals surface area contributed by atoms with Gasteiger partial charge in [0.1, 0.15) is 5.69 Å². The topological polar surface area (TPSA) is 117 Å². The highest BCUT2D eigenvalue weighted by Crippen LogP contribution is 2.39. The van der Waals surface area contributed by atoms with Gasteiger partial charge in [-0.15, -0.1) is 0 Å². The van der Waals surface area contributed by atoms with Crippen LogP contribution in [0.15, 0.2) is 60.7 Å². The molecule has 10 heteroatoms. The molecule has 0 spiro atoms. The highest BCUT2D eigenvalue weighted by molar-refractivity contribution is 6.00. The second kappa shape index (κ2) is 12.6. The lowest BCUT2D eigenvalue weighted by atomic mass is 9.75. The molecule has 0 unspecified atom stereocenters. The third-order valence-corrected chi connectivity index (χ3v) is 8.29. The maximum Gasteiger partial charge on any atom is 0.295 e. The van der Waals surface area contributed by atoms with Crippen LogP contribution in [-0.4, -0.2) is 59.1 Å². The van der Waals surface area contributed by atoms with E-state index in [0.29, 0.717) is 60.7 Å². The molecule has 0 N–H and O–H groups in total. The van der Waals surface area contributed by atoms with E-state index in [1.807, 2.05) is 57.2 Å². The minimum absolute atomic E-state index is 0.0485. The lowest BCUT2D eigenvalue weighted by Gasteiger charge is -2.29. The van der Waals surface area contributed by atoms with E-state index in [0.717, 1.165) is 16.7 Å². The number of nitrogens with zero attached hydrogens (tertiary/aromatic N) is 4. The fraction of sp³-hybridized carbons (Fsp3) is 0.343. The summed E-state index contributed by atoms with van der Waals surface area (Å²) in [5, 5.41) is 17.2. The second-order valence-corrected chi connectivity index (χ2v) is 12.4. The Kier molecular flexibility index (Phi) is 8.77. The van der Waals surface area contributed by atoms with Crippen molar-refractivity contribution in [2.45, 2.75) is 46.5 Å². The number of ether oxygens (including phenoxy) is 2. The van der Waals surface area contributed by atoms with E-state index >= 15 is 0 Å². The number of aryl methyl sites for hydroxylation is 1. The van der Waals surface area contributed by atoms with Gasteiger partial charge in [-0.2, -0.15) is 5.10 Å². The van der Waals surface area contributed by atoms with Crippen molar-refractivity contribution in [1.29, 1.82) is 0 Å². The van der Waals surface area contributed by atoms with Crippen LogP contribution in [0.5, 0.6) is 11.5 Å². The number of fused-ring (bicyclic) bond motifs is 1. The number of hydrogen-bond donors (Lipinski definition) is 0. The fourth-order valence-electron chi connectivity index (χ4n) is 5.89. The van der Waals surface area contributed by atoms with E-state index in [-0.39, 0.29) is 34.0 Å². The number of methoxy groups -OCH3 is 2. The summed E-state index contributed by atoms with van der Waals surface area (Å²) in [6.07, 6.45) is 1.83. The normalized spacial score (nSPS) is 13.7. The van der Waals surface area contributed by atoms with Gasteiger partial charge >= 0.3 is 0 Å². The summed E-state index contributed by atoms with van der Waals surface area (Å²) < 4.78 is 12.3. The second-order valence-electron chi connectivity index (χ2n) is 12.4. The Bertz CT molecular complexity index is 1770. The van der Waals surface area contributed by atoms with Crippen LogP contribution in [0.25, 0.3) is 5.69 Å². The molecule has 0 fully saturated rings. The third-order valence-electron chi connectivity index (χ3n) is 8.29. The van der Waals surface area contributed by atoms with E-state index in [9.17, 15) is 19.7 Å². The molecule has 0 bridgehead atoms. The molecule has 4 aromatic rings. The summed E-state index contributed by atoms with van der Waals surface area (Å²) in [5.74, 6) is 0.769. The predicted octanol–water partition coefficient (Wildman–Crippen LogP) is 6.17. The van der Waals surface area contributed by atoms with Crippen LogP contribution >= 0.6 is 0 Å². The Morgan fingerprint density at radius 2 is 1.69 bits per heavy atom. The van der Waals surface area contributed by atoms with Crippen molar-refractivity contribution in [3.8, 4) is 17.2 Å². The molecule has 45 heavy (non-hydrogen) atoms. The molecule has 3 aromatic carbocycles. The van der Waals surface area contributed by atoms with Gasteiger partial charge in [-0.25, -0.2) is 4.68 Å². The number of carbonyl (C=O) groups excluding carboxylic acids is 2. The number of Topliss-reactive ketones (excluding diaryl/α,β-unsaturated/α-hetero) is 1. The molecule has 0 aliphatic heterocycles. The number of aromatic nitrogens is 2. The summed E-state index contributed by atoms with van der Waals surface area (Å²) in [5.41, 5.74) is 4.57. The van der Waals surface area contributed by atoms with Crippen molar-refractivity contribution in [3.05, 3.63) is 110 Å². The average molecular weight is 611 g/mol. The highest BCUT2D eigenvalue weighted by Gasteiger charge is 2.38. The quantitative estimate of drug-likeness (QED) is 0.156. The van der Waals surface area contributed by atoms with Gasteiger partial charge in [-0.1, -0.05) is 49.7 Å². The fourth-order valence-corrected chi connectivity index (χ4v) is 5.89. The van der Waals surface area contributed by atoms with Crippen molar-refractivity contribution in [2.24, 2.45) is 5.41 Å². The number of rotatable bonds is 10. The zero-order valence-electron chi connectivity index (χ0n) is 26.5. The summed E-state index contributed by atoms with van der Waals surface area (Å²) in [4.78, 5) is 40.3. The standard InChI is InChI=1S/C35H38N4O6/c1-22-7-9-23(10-8-22)15-16-37(4)34(41)25-12-13-27(28(19-25)39(42)43)38-29-20-35(2,3)21-30(40)33(29)26(36-38)17-24-11-14-31(44-5)32(18-24)45-6/h7-14,18-19H,15-17,20-21H2,1-6H3. The monoisotopic (exact) mass is 610 g/mol. The number of ketones is 1. The van der Waals surface area contributed by atoms with Crippen LogP contribution in [0, 0.1) is 22.5 Å². The van der Waals surface area contributed by atoms with Gasteiger partial charge < -0.3 is 14.4 Å². The number of benzene rings is 3. The summed E-state index contributed by atoms with van der Waals surface area (Å²) in [6.45, 7) is 6.48. The van der Waals surface area contributed by atoms with Crippen molar-refractivity contribution in [3.63, 3.8) is 0 Å². The van der Waals surface area contributed by atoms with Crippen LogP contribution < -0.4 is 9.47 Å². The van der Waals surface area contributed by atoms with Crippen LogP contribution in [0.1, 0.15) is 69.1 Å². The number of likely N-dealkylation sites (N-methyl/N-ethyl adjacent to an activating group) is 1. The largest absolute Gasteiger partial charge is 0.493 e. The minimum atomic E-state index is -0.504. The molecule has 1 amide bonds. The SMILES string of the molecule is COc1ccc(Cc2nn(-c3ccc(C(=O)N(C)CCc4ccc(C)cc4)cc3[N+](=O)[O-])c3c2C(=O)CC(C)(C)C3)cc1OC. The molecule has 1 aromatic heterocycles. The molecule has 234 valence electrons. The molecular formula is C35H38N4O6. The van der Waals surface area contributed by atoms with Gasteiger partial charge in [-0.05, 0) is 60.6 Å². The maximum atomic E-state index is 13.5. The summed E-state index contributed by atoms with van der Waals surface area (Å²) >= 11 is 0. The molecule has 0 saturated carbocycles. The van der Waals surface area contributed by atoms with Crippen molar-refractivity contribution >= 4 is 17.4 Å². The van der Waals surface area contributed by atoms with Crippen LogP contribution in [0.3, 0.4) is 0 Å². The molecule has 0 atom stereocenters. The lowest BCUT2D eigenvalue weighted by molar-refractivity contribution is -0.384. The first-order valence-corrected chi connectivity index (χ1v) is 14.9. The number of carbonyl (C=O) groups is 2. The van der Waals surface area contributed by atoms with E-state index in [4.69, 9.17) is 14.6 Å². The zero-order chi connectivity index (χ0) is 32.5. The van der Waals surface area contributed by atoms with E-state index < -0.39 is 4.92 Å². The molecular weight excluding hydrogens is 572 g/mol. The van der Waals surface area contributed by atoms with Gasteiger partial charge in [0.2, 0.25) is 0 Å². The molecule has 10 nitrogen and oxygen atoms in total. The van der Waals surface area contributed by atoms with Gasteiger partial charge in [0.25, 0.3) is 11.6 Å². The van der Waals surface area contributed by atoms with Crippen LogP contribution in [0.4, 0.5) is 5.69 Å². The highest BCUT2D eigenvalue weighted by atomic mass is 16.6. The van der Waals surface area contributed by atoms with E-state index in [1.54, 1.807) is 44.4 Å². The number of nitro benzene ring substituents is 1. The van der Waals surface area contributed by atoms with Gasteiger partial charge in [0.15, 0.2) is 17.3 Å². The predicted molar refractivity (Wildman–Crippen MR) is 171 cm³/mol. The van der Waals surface area contributed by atoms with Gasteiger partial charge in [0, 0.05) is 38.1 Å². The van der Waals surface area contributed by atoms with Gasteiger partial charge in [0.05, 0.1) is 36.1 Å². The Balaban J connectivity index is 1.51. The Labute approximate surface area is 262 Å². The molecule has 1 aliphatic rings. The smallest absolute Gasteiger partial charge is 0.295 e. The lowest BCUT2D eigenvalue weighted by Crippen LogP contribution is -2.29. The van der Waals surface area contributed by atoms with Crippen molar-refractivity contribution in [1.82, 2.24) is 14.7 Å². The Morgan fingerprint density at radius 1 is 1.00 bits per heavy atom. The third kappa shape index (κ3) is 6.60. The maximum absolute atomic E-state index is 13.5. The summed E-state index contributed by atoms with van der Waals surface area (Å²) in [6, 6.07) is 18.1. The Hall–Kier alpha value is -4.99. The van der Waals surface area contributed by atoms with Crippen molar-refractivity contribution < 1.29 is 24.0 Å². The number of amides is 1. The van der Waals surface area contributed by atoms with E-state index in [2.05, 4.69) is 0 Å². The number of hydrogen-bond acceptors (Lipinski definition) is 7. The van der Waals surface area contributed by atoms with E-state index in [1.165, 1.54) is 10.7 Å². The first-order valence-electron chi connectivity index (χ1n) is 14.9. The molecule has 5 rings (SSSR count). The summed E-state index contributed by atoms with van der Waals surface area (Å²) in [7, 11) is 4.80. The minimum Gasteiger partial charge on any atom is -0.493 e. The Morgan fingerprint density at radius 3 is 2.36 bits per heavy atom.